The van der Waals surface area contributed by atoms with Crippen LogP contribution in [-0.2, 0) is 0 Å². The van der Waals surface area contributed by atoms with Gasteiger partial charge in [0, 0.05) is 0 Å². The molecule has 25 saturated carbocycles. The van der Waals surface area contributed by atoms with E-state index < -0.39 is 0 Å². The first-order valence-electron chi connectivity index (χ1n) is 29.7. The predicted molar refractivity (Wildman–Crippen MR) is 304 cm³/mol. The Balaban J connectivity index is 0.000000143. The van der Waals surface area contributed by atoms with Crippen LogP contribution in [0.1, 0.15) is 291 Å². The molecule has 68 heavy (non-hydrogen) atoms. The molecule has 0 heterocycles. The fourth-order valence-corrected chi connectivity index (χ4v) is 20.8. The molecule has 0 aromatic rings. The number of hydrogen-bond acceptors (Lipinski definition) is 0. The lowest BCUT2D eigenvalue weighted by Crippen LogP contribution is -3.00. The summed E-state index contributed by atoms with van der Waals surface area (Å²) in [6, 6.07) is 0. The second-order valence-corrected chi connectivity index (χ2v) is 27.9. The van der Waals surface area contributed by atoms with E-state index in [0.717, 1.165) is 35.5 Å². The second-order valence-electron chi connectivity index (χ2n) is 27.9. The van der Waals surface area contributed by atoms with Gasteiger partial charge in [-0.1, -0.05) is 220 Å². The minimum absolute atomic E-state index is 0. The minimum Gasteiger partial charge on any atom is -0.0776 e. The Morgan fingerprint density at radius 3 is 0.544 bits per heavy atom. The summed E-state index contributed by atoms with van der Waals surface area (Å²) in [7, 11) is 0. The molecule has 0 aromatic heterocycles. The van der Waals surface area contributed by atoms with Crippen LogP contribution in [-0.4, -0.2) is 0 Å². The molecule has 0 aromatic carbocycles. The highest BCUT2D eigenvalue weighted by atomic mass is 15.0. The molecule has 6 unspecified atom stereocenters. The van der Waals surface area contributed by atoms with E-state index in [9.17, 15) is 0 Å². The average Bonchev–Trinajstić information content (AvgIpc) is 4.11. The third-order valence-electron chi connectivity index (χ3n) is 25.1. The van der Waals surface area contributed by atoms with Crippen molar-refractivity contribution in [2.45, 2.75) is 291 Å². The number of hydrogen-bond donors (Lipinski definition) is 0. The fraction of sp³-hybridized carbons (Fsp3) is 1.00. The summed E-state index contributed by atoms with van der Waals surface area (Å²) >= 11 is 0. The second kappa shape index (κ2) is 25.0. The Kier molecular flexibility index (Phi) is 21.7. The zero-order valence-corrected chi connectivity index (χ0v) is 39.3. The number of rotatable bonds is 0. The van der Waals surface area contributed by atoms with Gasteiger partial charge in [0.1, 0.15) is 0 Å². The van der Waals surface area contributed by atoms with E-state index in [1.807, 2.05) is 0 Å². The zero-order chi connectivity index (χ0) is 39.3. The lowest BCUT2D eigenvalue weighted by molar-refractivity contribution is -0.565. The first-order chi connectivity index (χ1) is 29.7. The van der Waals surface area contributed by atoms with Gasteiger partial charge in [-0.2, -0.15) is 0 Å². The smallest absolute Gasteiger partial charge is 0.0312 e. The van der Waals surface area contributed by atoms with Crippen LogP contribution in [0.2, 0.25) is 0 Å². The van der Waals surface area contributed by atoms with Gasteiger partial charge in [-0.3, -0.25) is 0 Å². The molecule has 25 fully saturated rings. The topological polar surface area (TPSA) is 0 Å². The van der Waals surface area contributed by atoms with Gasteiger partial charge in [-0.25, -0.2) is 0 Å². The summed E-state index contributed by atoms with van der Waals surface area (Å²) in [6.07, 6.45) is 56.4. The highest BCUT2D eigenvalue weighted by molar-refractivity contribution is 5.44. The van der Waals surface area contributed by atoms with E-state index in [1.54, 1.807) is 212 Å². The standard InChI is InChI=1S/C9H14.C9H16.C8H8.2C8H14.C7H12.C6H10.C5H8.8CH4/c1-2-7-4-3-6(1)8-5-9(7)8;1-2-8-4-6-9(3-1)7-5-8;1-2-5-3(1)7-4(1)6(2)8(5)7;1-2-8-5-3-7(1)4-6-8;1-2-7-4-5-8(3-1)6-7;1-2-7-4-3-6(1)5-7;1-2-5-4-6(5)3-1;1-4-2-5(1)3-4;;;;;;;;/h6-9H,1-5H2;8-9H,1-7H2;1-8H;2*7-8H,1-6H2;6-7H,1-5H2;5-6H,1-4H2;4-5H,1-3H2;8*1H4. The molecule has 0 radical (unpaired) electrons. The van der Waals surface area contributed by atoms with Crippen molar-refractivity contribution < 1.29 is 0 Å². The summed E-state index contributed by atoms with van der Waals surface area (Å²) in [5.74, 6) is 29.6. The summed E-state index contributed by atoms with van der Waals surface area (Å²) < 4.78 is 0. The molecule has 0 nitrogen and oxygen atoms in total. The van der Waals surface area contributed by atoms with Crippen molar-refractivity contribution in [3.63, 3.8) is 0 Å². The van der Waals surface area contributed by atoms with Crippen LogP contribution in [0.4, 0.5) is 0 Å². The van der Waals surface area contributed by atoms with E-state index in [-0.39, 0.29) is 59.4 Å². The maximum absolute atomic E-state index is 1.62. The summed E-state index contributed by atoms with van der Waals surface area (Å²) in [5, 5.41) is 0. The van der Waals surface area contributed by atoms with Gasteiger partial charge in [-0.05, 0) is 213 Å². The SMILES string of the molecule is C.C.C.C.C.C.C.C.C12C3C4C1C1C2C3C41.C1C2CC1C2.C1CC2CC2C1.C1CC2CCC(C1)C2.C1CC2CCC(C1)CC2.C1CC2CCC1C1CC21.C1CC2CCC1C2.C1CC2CCC1CC2. The molecule has 400 valence electrons. The van der Waals surface area contributed by atoms with Gasteiger partial charge in [0.2, 0.25) is 0 Å². The lowest BCUT2D eigenvalue weighted by Gasteiger charge is -3.03. The van der Waals surface area contributed by atoms with E-state index >= 15 is 0 Å². The molecule has 12 bridgehead atoms. The maximum atomic E-state index is 1.62. The van der Waals surface area contributed by atoms with Crippen LogP contribution >= 0.6 is 0 Å². The Labute approximate surface area is 430 Å². The molecule has 0 aliphatic heterocycles. The summed E-state index contributed by atoms with van der Waals surface area (Å²) in [4.78, 5) is 0. The molecule has 0 amide bonds. The molecule has 0 N–H and O–H groups in total. The van der Waals surface area contributed by atoms with Gasteiger partial charge in [-0.15, -0.1) is 0 Å². The molecule has 0 spiro atoms. The summed E-state index contributed by atoms with van der Waals surface area (Å²) in [6.45, 7) is 0. The molecule has 0 heteroatoms. The van der Waals surface area contributed by atoms with E-state index in [1.165, 1.54) is 126 Å². The Morgan fingerprint density at radius 1 is 0.147 bits per heavy atom. The van der Waals surface area contributed by atoms with Crippen molar-refractivity contribution >= 4 is 0 Å². The highest BCUT2D eigenvalue weighted by Gasteiger charge is 2.97. The van der Waals surface area contributed by atoms with Gasteiger partial charge < -0.3 is 0 Å². The molecule has 6 atom stereocenters. The van der Waals surface area contributed by atoms with Crippen molar-refractivity contribution in [3.8, 4) is 0 Å². The molecular weight excluding hydrogens is 817 g/mol. The largest absolute Gasteiger partial charge is 0.0776 e. The fourth-order valence-electron chi connectivity index (χ4n) is 20.8. The van der Waals surface area contributed by atoms with Gasteiger partial charge in [0.05, 0.1) is 0 Å². The van der Waals surface area contributed by atoms with Crippen molar-refractivity contribution in [2.24, 2.45) is 142 Å². The molecule has 0 saturated heterocycles. The van der Waals surface area contributed by atoms with Crippen LogP contribution in [0.25, 0.3) is 0 Å². The maximum Gasteiger partial charge on any atom is -0.0312 e. The van der Waals surface area contributed by atoms with Crippen LogP contribution < -0.4 is 0 Å². The van der Waals surface area contributed by atoms with Crippen LogP contribution in [0.3, 0.4) is 0 Å². The van der Waals surface area contributed by atoms with E-state index in [2.05, 4.69) is 0 Å². The van der Waals surface area contributed by atoms with Crippen molar-refractivity contribution in [3.05, 3.63) is 0 Å². The van der Waals surface area contributed by atoms with Crippen molar-refractivity contribution in [1.29, 1.82) is 0 Å². The Hall–Kier alpha value is 0. The predicted octanol–water partition coefficient (Wildman–Crippen LogP) is 22.1. The van der Waals surface area contributed by atoms with E-state index in [4.69, 9.17) is 0 Å². The molecule has 25 aliphatic rings. The van der Waals surface area contributed by atoms with Gasteiger partial charge >= 0.3 is 0 Å². The highest BCUT2D eigenvalue weighted by Crippen LogP contribution is 3.00. The monoisotopic (exact) mass is 945 g/mol. The third-order valence-corrected chi connectivity index (χ3v) is 25.1. The Bertz CT molecular complexity index is 1200. The van der Waals surface area contributed by atoms with Crippen molar-refractivity contribution in [2.75, 3.05) is 0 Å². The van der Waals surface area contributed by atoms with Crippen molar-refractivity contribution in [1.82, 2.24) is 0 Å². The first kappa shape index (κ1) is 58.9. The molecule has 25 rings (SSSR count). The summed E-state index contributed by atoms with van der Waals surface area (Å²) in [5.41, 5.74) is 0. The van der Waals surface area contributed by atoms with Gasteiger partial charge in [0.25, 0.3) is 0 Å². The quantitative estimate of drug-likeness (QED) is 0.227. The van der Waals surface area contributed by atoms with Crippen LogP contribution in [0.5, 0.6) is 0 Å². The van der Waals surface area contributed by atoms with Crippen LogP contribution in [0.15, 0.2) is 0 Å². The normalized spacial score (nSPS) is 50.8. The lowest BCUT2D eigenvalue weighted by atomic mass is 9.01. The first-order valence-corrected chi connectivity index (χ1v) is 29.7. The average molecular weight is 946 g/mol. The molecular formula is C68H128. The van der Waals surface area contributed by atoms with Gasteiger partial charge in [0.15, 0.2) is 0 Å². The third kappa shape index (κ3) is 11.5. The van der Waals surface area contributed by atoms with E-state index in [0.29, 0.717) is 0 Å². The Morgan fingerprint density at radius 2 is 0.353 bits per heavy atom. The van der Waals surface area contributed by atoms with Crippen LogP contribution in [0, 0.1) is 142 Å². The minimum atomic E-state index is 0. The molecule has 25 aliphatic carbocycles. The zero-order valence-electron chi connectivity index (χ0n) is 39.3. The number of fused-ring (bicyclic) bond motifs is 14.